The molecule has 0 aliphatic heterocycles. The summed E-state index contributed by atoms with van der Waals surface area (Å²) in [5, 5.41) is 3.09. The van der Waals surface area contributed by atoms with Crippen LogP contribution in [0.2, 0.25) is 0 Å². The van der Waals surface area contributed by atoms with Gasteiger partial charge in [-0.3, -0.25) is 4.79 Å². The second-order valence-electron chi connectivity index (χ2n) is 4.20. The van der Waals surface area contributed by atoms with Gasteiger partial charge in [-0.05, 0) is 27.0 Å². The first-order valence-electron chi connectivity index (χ1n) is 5.69. The lowest BCUT2D eigenvalue weighted by Gasteiger charge is -2.28. The van der Waals surface area contributed by atoms with Gasteiger partial charge in [-0.15, -0.1) is 0 Å². The Bertz CT molecular complexity index is 379. The summed E-state index contributed by atoms with van der Waals surface area (Å²) in [7, 11) is 1.88. The van der Waals surface area contributed by atoms with Crippen LogP contribution in [0.3, 0.4) is 0 Å². The Morgan fingerprint density at radius 3 is 2.82 bits per heavy atom. The standard InChI is InChI=1S/C12H20N4O/c1-9(2)16(8-11(13)17)12-10(7-14-3)5-4-6-15-12/h4-6,9,14H,7-8H2,1-3H3,(H2,13,17). The van der Waals surface area contributed by atoms with Crippen LogP contribution in [0.4, 0.5) is 5.82 Å². The van der Waals surface area contributed by atoms with Crippen LogP contribution in [0.25, 0.3) is 0 Å². The number of carbonyl (C=O) groups is 1. The first-order chi connectivity index (χ1) is 8.06. The molecule has 0 fully saturated rings. The summed E-state index contributed by atoms with van der Waals surface area (Å²) in [6.07, 6.45) is 1.73. The van der Waals surface area contributed by atoms with Gasteiger partial charge >= 0.3 is 0 Å². The number of carbonyl (C=O) groups excluding carboxylic acids is 1. The Balaban J connectivity index is 3.04. The van der Waals surface area contributed by atoms with Crippen LogP contribution in [-0.2, 0) is 11.3 Å². The molecule has 0 saturated heterocycles. The first kappa shape index (κ1) is 13.4. The highest BCUT2D eigenvalue weighted by molar-refractivity contribution is 5.79. The van der Waals surface area contributed by atoms with Crippen molar-refractivity contribution >= 4 is 11.7 Å². The molecule has 1 aromatic rings. The molecule has 0 bridgehead atoms. The van der Waals surface area contributed by atoms with Crippen molar-refractivity contribution in [1.29, 1.82) is 0 Å². The molecule has 0 atom stereocenters. The van der Waals surface area contributed by atoms with Crippen LogP contribution >= 0.6 is 0 Å². The Labute approximate surface area is 102 Å². The van der Waals surface area contributed by atoms with E-state index in [1.54, 1.807) is 6.20 Å². The van der Waals surface area contributed by atoms with Gasteiger partial charge in [0, 0.05) is 24.3 Å². The van der Waals surface area contributed by atoms with Crippen molar-refractivity contribution in [3.63, 3.8) is 0 Å². The van der Waals surface area contributed by atoms with Crippen molar-refractivity contribution in [3.8, 4) is 0 Å². The van der Waals surface area contributed by atoms with Crippen LogP contribution in [0, 0.1) is 0 Å². The Morgan fingerprint density at radius 2 is 2.29 bits per heavy atom. The van der Waals surface area contributed by atoms with E-state index in [2.05, 4.69) is 10.3 Å². The number of hydrogen-bond donors (Lipinski definition) is 2. The summed E-state index contributed by atoms with van der Waals surface area (Å²) >= 11 is 0. The fourth-order valence-corrected chi connectivity index (χ4v) is 1.69. The zero-order valence-electron chi connectivity index (χ0n) is 10.6. The van der Waals surface area contributed by atoms with Crippen molar-refractivity contribution in [3.05, 3.63) is 23.9 Å². The van der Waals surface area contributed by atoms with E-state index in [1.807, 2.05) is 37.9 Å². The molecule has 5 nitrogen and oxygen atoms in total. The van der Waals surface area contributed by atoms with E-state index in [4.69, 9.17) is 5.73 Å². The average Bonchev–Trinajstić information content (AvgIpc) is 2.27. The lowest BCUT2D eigenvalue weighted by molar-refractivity contribution is -0.116. The molecule has 0 unspecified atom stereocenters. The fraction of sp³-hybridized carbons (Fsp3) is 0.500. The first-order valence-corrected chi connectivity index (χ1v) is 5.69. The van der Waals surface area contributed by atoms with E-state index in [-0.39, 0.29) is 18.5 Å². The van der Waals surface area contributed by atoms with Gasteiger partial charge in [0.1, 0.15) is 5.82 Å². The molecule has 0 aliphatic rings. The molecule has 94 valence electrons. The van der Waals surface area contributed by atoms with E-state index in [1.165, 1.54) is 0 Å². The van der Waals surface area contributed by atoms with Crippen molar-refractivity contribution in [1.82, 2.24) is 10.3 Å². The third-order valence-corrected chi connectivity index (χ3v) is 2.46. The lowest BCUT2D eigenvalue weighted by atomic mass is 10.2. The lowest BCUT2D eigenvalue weighted by Crippen LogP contribution is -2.39. The number of rotatable bonds is 6. The number of nitrogens with zero attached hydrogens (tertiary/aromatic N) is 2. The van der Waals surface area contributed by atoms with Crippen LogP contribution in [-0.4, -0.2) is 30.5 Å². The predicted molar refractivity (Wildman–Crippen MR) is 68.7 cm³/mol. The van der Waals surface area contributed by atoms with E-state index >= 15 is 0 Å². The summed E-state index contributed by atoms with van der Waals surface area (Å²) in [6.45, 7) is 4.93. The second-order valence-corrected chi connectivity index (χ2v) is 4.20. The summed E-state index contributed by atoms with van der Waals surface area (Å²) in [5.74, 6) is 0.468. The molecule has 1 rings (SSSR count). The number of nitrogens with two attached hydrogens (primary N) is 1. The minimum atomic E-state index is -0.347. The average molecular weight is 236 g/mol. The number of nitrogens with one attached hydrogen (secondary N) is 1. The molecule has 0 aromatic carbocycles. The quantitative estimate of drug-likeness (QED) is 0.754. The maximum absolute atomic E-state index is 11.1. The highest BCUT2D eigenvalue weighted by atomic mass is 16.1. The van der Waals surface area contributed by atoms with Gasteiger partial charge in [-0.2, -0.15) is 0 Å². The van der Waals surface area contributed by atoms with Gasteiger partial charge in [0.2, 0.25) is 5.91 Å². The molecule has 0 spiro atoms. The summed E-state index contributed by atoms with van der Waals surface area (Å²) in [6, 6.07) is 4.06. The Hall–Kier alpha value is -1.62. The number of amides is 1. The van der Waals surface area contributed by atoms with Crippen LogP contribution in [0.5, 0.6) is 0 Å². The summed E-state index contributed by atoms with van der Waals surface area (Å²) in [5.41, 5.74) is 6.33. The SMILES string of the molecule is CNCc1cccnc1N(CC(N)=O)C(C)C. The van der Waals surface area contributed by atoms with Crippen LogP contribution in [0.15, 0.2) is 18.3 Å². The largest absolute Gasteiger partial charge is 0.368 e. The second kappa shape index (κ2) is 6.20. The van der Waals surface area contributed by atoms with E-state index < -0.39 is 0 Å². The molecule has 5 heteroatoms. The Morgan fingerprint density at radius 1 is 1.59 bits per heavy atom. The van der Waals surface area contributed by atoms with Gasteiger partial charge in [0.05, 0.1) is 6.54 Å². The van der Waals surface area contributed by atoms with Gasteiger partial charge < -0.3 is 16.0 Å². The summed E-state index contributed by atoms with van der Waals surface area (Å²) < 4.78 is 0. The van der Waals surface area contributed by atoms with E-state index in [0.29, 0.717) is 6.54 Å². The fourth-order valence-electron chi connectivity index (χ4n) is 1.69. The predicted octanol–water partition coefficient (Wildman–Crippen LogP) is 0.501. The number of anilines is 1. The van der Waals surface area contributed by atoms with Gasteiger partial charge in [0.15, 0.2) is 0 Å². The molecule has 0 aliphatic carbocycles. The van der Waals surface area contributed by atoms with Crippen molar-refractivity contribution in [2.24, 2.45) is 5.73 Å². The third-order valence-electron chi connectivity index (χ3n) is 2.46. The van der Waals surface area contributed by atoms with Gasteiger partial charge in [-0.1, -0.05) is 6.07 Å². The van der Waals surface area contributed by atoms with Crippen molar-refractivity contribution in [2.45, 2.75) is 26.4 Å². The van der Waals surface area contributed by atoms with E-state index in [0.717, 1.165) is 11.4 Å². The van der Waals surface area contributed by atoms with Crippen molar-refractivity contribution < 1.29 is 4.79 Å². The number of pyridine rings is 1. The molecular formula is C12H20N4O. The number of primary amides is 1. The maximum atomic E-state index is 11.1. The van der Waals surface area contributed by atoms with Gasteiger partial charge in [-0.25, -0.2) is 4.98 Å². The minimum absolute atomic E-state index is 0.174. The third kappa shape index (κ3) is 3.71. The molecule has 3 N–H and O–H groups in total. The molecule has 1 heterocycles. The Kier molecular flexibility index (Phi) is 4.90. The highest BCUT2D eigenvalue weighted by Crippen LogP contribution is 2.19. The summed E-state index contributed by atoms with van der Waals surface area (Å²) in [4.78, 5) is 17.4. The smallest absolute Gasteiger partial charge is 0.237 e. The highest BCUT2D eigenvalue weighted by Gasteiger charge is 2.17. The number of hydrogen-bond acceptors (Lipinski definition) is 4. The molecule has 0 saturated carbocycles. The monoisotopic (exact) mass is 236 g/mol. The van der Waals surface area contributed by atoms with Crippen LogP contribution < -0.4 is 16.0 Å². The zero-order chi connectivity index (χ0) is 12.8. The molecule has 1 amide bonds. The van der Waals surface area contributed by atoms with Gasteiger partial charge in [0.25, 0.3) is 0 Å². The topological polar surface area (TPSA) is 71.2 Å². The maximum Gasteiger partial charge on any atom is 0.237 e. The molecule has 0 radical (unpaired) electrons. The van der Waals surface area contributed by atoms with E-state index in [9.17, 15) is 4.79 Å². The normalized spacial score (nSPS) is 10.6. The zero-order valence-corrected chi connectivity index (χ0v) is 10.6. The molecular weight excluding hydrogens is 216 g/mol. The molecule has 1 aromatic heterocycles. The van der Waals surface area contributed by atoms with Crippen molar-refractivity contribution in [2.75, 3.05) is 18.5 Å². The number of aromatic nitrogens is 1. The van der Waals surface area contributed by atoms with Crippen LogP contribution in [0.1, 0.15) is 19.4 Å². The molecule has 17 heavy (non-hydrogen) atoms. The minimum Gasteiger partial charge on any atom is -0.368 e.